The van der Waals surface area contributed by atoms with Crippen molar-refractivity contribution < 1.29 is 23.6 Å². The zero-order valence-electron chi connectivity index (χ0n) is 14.3. The molecule has 1 aromatic carbocycles. The van der Waals surface area contributed by atoms with Gasteiger partial charge in [-0.25, -0.2) is 0 Å². The molecule has 1 heterocycles. The summed E-state index contributed by atoms with van der Waals surface area (Å²) in [6.07, 6.45) is 0. The van der Waals surface area contributed by atoms with Crippen molar-refractivity contribution in [1.82, 2.24) is 5.16 Å². The Hall–Kier alpha value is -2.48. The highest BCUT2D eigenvalue weighted by Crippen LogP contribution is 2.19. The number of nitrogens with one attached hydrogen (secondary N) is 1. The molecule has 0 aliphatic carbocycles. The van der Waals surface area contributed by atoms with E-state index in [1.165, 1.54) is 11.8 Å². The number of methoxy groups -OCH3 is 1. The van der Waals surface area contributed by atoms with Crippen LogP contribution in [0.4, 0.5) is 5.69 Å². The molecule has 0 unspecified atom stereocenters. The molecule has 25 heavy (non-hydrogen) atoms. The van der Waals surface area contributed by atoms with Crippen LogP contribution in [0.25, 0.3) is 0 Å². The zero-order valence-corrected chi connectivity index (χ0v) is 15.1. The summed E-state index contributed by atoms with van der Waals surface area (Å²) in [7, 11) is 1.54. The van der Waals surface area contributed by atoms with E-state index in [-0.39, 0.29) is 12.4 Å². The largest absolute Gasteiger partial charge is 0.497 e. The standard InChI is InChI=1S/C17H20N2O5S/c1-11-15(12(2)24-19-11)9-25-10-17(21)23-8-16(20)18-13-5-4-6-14(7-13)22-3/h4-7H,8-10H2,1-3H3,(H,18,20). The predicted molar refractivity (Wildman–Crippen MR) is 94.7 cm³/mol. The van der Waals surface area contributed by atoms with Gasteiger partial charge in [-0.3, -0.25) is 9.59 Å². The molecule has 1 amide bonds. The van der Waals surface area contributed by atoms with Gasteiger partial charge in [-0.05, 0) is 26.0 Å². The second kappa shape index (κ2) is 9.12. The van der Waals surface area contributed by atoms with E-state index in [9.17, 15) is 9.59 Å². The minimum Gasteiger partial charge on any atom is -0.497 e. The minimum atomic E-state index is -0.447. The van der Waals surface area contributed by atoms with Gasteiger partial charge < -0.3 is 19.3 Å². The highest BCUT2D eigenvalue weighted by molar-refractivity contribution is 7.99. The van der Waals surface area contributed by atoms with Crippen LogP contribution in [0.3, 0.4) is 0 Å². The van der Waals surface area contributed by atoms with Crippen LogP contribution >= 0.6 is 11.8 Å². The van der Waals surface area contributed by atoms with Gasteiger partial charge in [0.15, 0.2) is 6.61 Å². The summed E-state index contributed by atoms with van der Waals surface area (Å²) in [5.41, 5.74) is 2.37. The van der Waals surface area contributed by atoms with Crippen LogP contribution in [0.5, 0.6) is 5.75 Å². The van der Waals surface area contributed by atoms with Crippen molar-refractivity contribution in [2.75, 3.05) is 24.8 Å². The van der Waals surface area contributed by atoms with Gasteiger partial charge in [0.05, 0.1) is 18.6 Å². The number of nitrogens with zero attached hydrogens (tertiary/aromatic N) is 1. The maximum Gasteiger partial charge on any atom is 0.316 e. The molecular formula is C17H20N2O5S. The number of benzene rings is 1. The zero-order chi connectivity index (χ0) is 18.2. The molecule has 2 rings (SSSR count). The van der Waals surface area contributed by atoms with Crippen molar-refractivity contribution in [3.05, 3.63) is 41.3 Å². The summed E-state index contributed by atoms with van der Waals surface area (Å²) in [5, 5.41) is 6.50. The number of amides is 1. The Kier molecular flexibility index (Phi) is 6.88. The van der Waals surface area contributed by atoms with E-state index < -0.39 is 11.9 Å². The summed E-state index contributed by atoms with van der Waals surface area (Å²) >= 11 is 1.39. The van der Waals surface area contributed by atoms with E-state index in [1.54, 1.807) is 31.4 Å². The van der Waals surface area contributed by atoms with Crippen molar-refractivity contribution in [2.24, 2.45) is 0 Å². The van der Waals surface area contributed by atoms with Gasteiger partial charge in [0.1, 0.15) is 11.5 Å². The first kappa shape index (κ1) is 18.9. The molecule has 0 aliphatic rings. The quantitative estimate of drug-likeness (QED) is 0.720. The summed E-state index contributed by atoms with van der Waals surface area (Å²) in [6.45, 7) is 3.35. The van der Waals surface area contributed by atoms with Crippen molar-refractivity contribution in [2.45, 2.75) is 19.6 Å². The van der Waals surface area contributed by atoms with E-state index in [1.807, 2.05) is 13.8 Å². The van der Waals surface area contributed by atoms with Crippen LogP contribution in [0.15, 0.2) is 28.8 Å². The first-order valence-corrected chi connectivity index (χ1v) is 8.74. The van der Waals surface area contributed by atoms with E-state index in [2.05, 4.69) is 10.5 Å². The molecule has 0 radical (unpaired) electrons. The minimum absolute atomic E-state index is 0.149. The number of carbonyl (C=O) groups is 2. The summed E-state index contributed by atoms with van der Waals surface area (Å²) < 4.78 is 15.1. The number of hydrogen-bond donors (Lipinski definition) is 1. The first-order chi connectivity index (χ1) is 12.0. The molecule has 0 fully saturated rings. The molecule has 7 nitrogen and oxygen atoms in total. The molecule has 1 aromatic heterocycles. The number of hydrogen-bond acceptors (Lipinski definition) is 7. The van der Waals surface area contributed by atoms with Crippen molar-refractivity contribution in [3.63, 3.8) is 0 Å². The van der Waals surface area contributed by atoms with Gasteiger partial charge >= 0.3 is 5.97 Å². The monoisotopic (exact) mass is 364 g/mol. The molecule has 0 spiro atoms. The number of esters is 1. The highest BCUT2D eigenvalue weighted by Gasteiger charge is 2.12. The Morgan fingerprint density at radius 2 is 2.12 bits per heavy atom. The van der Waals surface area contributed by atoms with Gasteiger partial charge in [-0.15, -0.1) is 11.8 Å². The lowest BCUT2D eigenvalue weighted by atomic mass is 10.2. The predicted octanol–water partition coefficient (Wildman–Crippen LogP) is 2.72. The molecular weight excluding hydrogens is 344 g/mol. The average Bonchev–Trinajstić information content (AvgIpc) is 2.92. The maximum atomic E-state index is 11.8. The summed E-state index contributed by atoms with van der Waals surface area (Å²) in [4.78, 5) is 23.5. The SMILES string of the molecule is COc1cccc(NC(=O)COC(=O)CSCc2c(C)noc2C)c1. The van der Waals surface area contributed by atoms with Gasteiger partial charge in [-0.2, -0.15) is 0 Å². The summed E-state index contributed by atoms with van der Waals surface area (Å²) in [5.74, 6) is 1.28. The van der Waals surface area contributed by atoms with E-state index in [0.29, 0.717) is 17.2 Å². The number of thioether (sulfide) groups is 1. The fourth-order valence-electron chi connectivity index (χ4n) is 2.03. The second-order valence-corrected chi connectivity index (χ2v) is 6.22. The average molecular weight is 364 g/mol. The second-order valence-electron chi connectivity index (χ2n) is 5.24. The Labute approximate surface area is 150 Å². The third kappa shape index (κ3) is 5.82. The van der Waals surface area contributed by atoms with Crippen LogP contribution in [0.1, 0.15) is 17.0 Å². The van der Waals surface area contributed by atoms with Gasteiger partial charge in [0.2, 0.25) is 0 Å². The fourth-order valence-corrected chi connectivity index (χ4v) is 3.00. The fraction of sp³-hybridized carbons (Fsp3) is 0.353. The molecule has 0 saturated heterocycles. The number of aromatic nitrogens is 1. The van der Waals surface area contributed by atoms with Crippen molar-refractivity contribution >= 4 is 29.3 Å². The van der Waals surface area contributed by atoms with E-state index >= 15 is 0 Å². The number of carbonyl (C=O) groups excluding carboxylic acids is 2. The van der Waals surface area contributed by atoms with Gasteiger partial charge in [0, 0.05) is 23.1 Å². The third-order valence-corrected chi connectivity index (χ3v) is 4.30. The van der Waals surface area contributed by atoms with E-state index in [4.69, 9.17) is 14.0 Å². The van der Waals surface area contributed by atoms with Crippen LogP contribution in [0, 0.1) is 13.8 Å². The van der Waals surface area contributed by atoms with Crippen molar-refractivity contribution in [1.29, 1.82) is 0 Å². The normalized spacial score (nSPS) is 10.4. The Morgan fingerprint density at radius 1 is 1.32 bits per heavy atom. The third-order valence-electron chi connectivity index (χ3n) is 3.37. The molecule has 2 aromatic rings. The van der Waals surface area contributed by atoms with Gasteiger partial charge in [0.25, 0.3) is 5.91 Å². The van der Waals surface area contributed by atoms with Gasteiger partial charge in [-0.1, -0.05) is 11.2 Å². The maximum absolute atomic E-state index is 11.8. The highest BCUT2D eigenvalue weighted by atomic mass is 32.2. The van der Waals surface area contributed by atoms with Crippen LogP contribution in [-0.2, 0) is 20.1 Å². The van der Waals surface area contributed by atoms with Crippen LogP contribution < -0.4 is 10.1 Å². The molecule has 0 atom stereocenters. The Bertz CT molecular complexity index is 725. The Morgan fingerprint density at radius 3 is 2.80 bits per heavy atom. The first-order valence-electron chi connectivity index (χ1n) is 7.58. The topological polar surface area (TPSA) is 90.7 Å². The van der Waals surface area contributed by atoms with Crippen LogP contribution in [-0.4, -0.2) is 36.5 Å². The molecule has 1 N–H and O–H groups in total. The lowest BCUT2D eigenvalue weighted by Crippen LogP contribution is -2.21. The molecule has 8 heteroatoms. The van der Waals surface area contributed by atoms with E-state index in [0.717, 1.165) is 17.0 Å². The molecule has 134 valence electrons. The molecule has 0 aliphatic heterocycles. The number of ether oxygens (including phenoxy) is 2. The number of rotatable bonds is 8. The molecule has 0 saturated carbocycles. The Balaban J connectivity index is 1.69. The van der Waals surface area contributed by atoms with Crippen LogP contribution in [0.2, 0.25) is 0 Å². The smallest absolute Gasteiger partial charge is 0.316 e. The van der Waals surface area contributed by atoms with Crippen molar-refractivity contribution in [3.8, 4) is 5.75 Å². The lowest BCUT2D eigenvalue weighted by Gasteiger charge is -2.08. The number of aryl methyl sites for hydroxylation is 2. The summed E-state index contributed by atoms with van der Waals surface area (Å²) in [6, 6.07) is 6.93. The molecule has 0 bridgehead atoms. The number of anilines is 1. The lowest BCUT2D eigenvalue weighted by molar-refractivity contribution is -0.144.